The molecule has 0 atom stereocenters. The van der Waals surface area contributed by atoms with E-state index in [1.165, 1.54) is 11.3 Å². The van der Waals surface area contributed by atoms with Crippen molar-refractivity contribution < 1.29 is 22.7 Å². The monoisotopic (exact) mass is 287 g/mol. The highest BCUT2D eigenvalue weighted by Crippen LogP contribution is 2.15. The Morgan fingerprint density at radius 3 is 2.63 bits per heavy atom. The smallest absolute Gasteiger partial charge is 0.409 e. The molecule has 0 saturated carbocycles. The minimum Gasteiger partial charge on any atom is -0.409 e. The second kappa shape index (κ2) is 5.75. The lowest BCUT2D eigenvalue weighted by Gasteiger charge is -2.06. The van der Waals surface area contributed by atoms with Crippen LogP contribution in [0.15, 0.2) is 29.0 Å². The second-order valence-electron chi connectivity index (χ2n) is 3.56. The van der Waals surface area contributed by atoms with E-state index in [-0.39, 0.29) is 12.1 Å². The Morgan fingerprint density at radius 2 is 1.95 bits per heavy atom. The molecule has 0 radical (unpaired) electrons. The highest BCUT2D eigenvalue weighted by atomic mass is 32.1. The maximum Gasteiger partial charge on any atom is 0.412 e. The summed E-state index contributed by atoms with van der Waals surface area (Å²) in [5.41, 5.74) is -0.166. The summed E-state index contributed by atoms with van der Waals surface area (Å²) < 4.78 is 43.7. The Hall–Kier alpha value is -2.02. The highest BCUT2D eigenvalue weighted by Gasteiger charge is 2.11. The van der Waals surface area contributed by atoms with E-state index in [1.807, 2.05) is 0 Å². The zero-order valence-corrected chi connectivity index (χ0v) is 10.3. The number of thiophene rings is 1. The first-order valence-corrected chi connectivity index (χ1v) is 6.12. The molecule has 0 aliphatic heterocycles. The SMILES string of the molecule is O=C(NCc1cc(F)c(F)cc1F)Oc1ccsc1. The van der Waals surface area contributed by atoms with E-state index in [1.54, 1.807) is 16.8 Å². The highest BCUT2D eigenvalue weighted by molar-refractivity contribution is 7.08. The molecule has 0 bridgehead atoms. The van der Waals surface area contributed by atoms with E-state index in [4.69, 9.17) is 4.74 Å². The standard InChI is InChI=1S/C12H8F3NO2S/c13-9-4-11(15)10(14)3-7(9)5-16-12(17)18-8-1-2-19-6-8/h1-4,6H,5H2,(H,16,17). The van der Waals surface area contributed by atoms with Gasteiger partial charge in [-0.3, -0.25) is 0 Å². The summed E-state index contributed by atoms with van der Waals surface area (Å²) in [6.45, 7) is -0.300. The molecule has 2 aromatic rings. The molecule has 0 aliphatic carbocycles. The van der Waals surface area contributed by atoms with Crippen molar-refractivity contribution in [2.75, 3.05) is 0 Å². The average molecular weight is 287 g/mol. The molecular formula is C12H8F3NO2S. The maximum absolute atomic E-state index is 13.3. The molecule has 100 valence electrons. The van der Waals surface area contributed by atoms with Crippen LogP contribution in [-0.2, 0) is 6.54 Å². The molecule has 7 heteroatoms. The lowest BCUT2D eigenvalue weighted by molar-refractivity contribution is 0.200. The van der Waals surface area contributed by atoms with E-state index >= 15 is 0 Å². The number of ether oxygens (including phenoxy) is 1. The van der Waals surface area contributed by atoms with Gasteiger partial charge in [0.2, 0.25) is 0 Å². The molecule has 3 nitrogen and oxygen atoms in total. The fourth-order valence-corrected chi connectivity index (χ4v) is 1.87. The summed E-state index contributed by atoms with van der Waals surface area (Å²) in [5.74, 6) is -3.03. The van der Waals surface area contributed by atoms with Crippen LogP contribution < -0.4 is 10.1 Å². The van der Waals surface area contributed by atoms with Gasteiger partial charge in [0.15, 0.2) is 11.6 Å². The summed E-state index contributed by atoms with van der Waals surface area (Å²) in [6.07, 6.45) is -0.803. The largest absolute Gasteiger partial charge is 0.412 e. The normalized spacial score (nSPS) is 10.3. The van der Waals surface area contributed by atoms with Gasteiger partial charge in [0.25, 0.3) is 0 Å². The molecule has 19 heavy (non-hydrogen) atoms. The van der Waals surface area contributed by atoms with Crippen molar-refractivity contribution in [2.45, 2.75) is 6.54 Å². The molecule has 0 saturated heterocycles. The van der Waals surface area contributed by atoms with Crippen LogP contribution in [0.5, 0.6) is 5.75 Å². The van der Waals surface area contributed by atoms with Gasteiger partial charge in [-0.15, -0.1) is 11.3 Å². The van der Waals surface area contributed by atoms with Gasteiger partial charge in [-0.1, -0.05) is 0 Å². The van der Waals surface area contributed by atoms with Crippen molar-refractivity contribution in [2.24, 2.45) is 0 Å². The van der Waals surface area contributed by atoms with Crippen molar-refractivity contribution in [1.82, 2.24) is 5.32 Å². The van der Waals surface area contributed by atoms with Crippen LogP contribution in [0.3, 0.4) is 0 Å². The Labute approximate surface area is 110 Å². The molecule has 0 aliphatic rings. The van der Waals surface area contributed by atoms with E-state index in [0.29, 0.717) is 17.9 Å². The molecular weight excluding hydrogens is 279 g/mol. The predicted molar refractivity (Wildman–Crippen MR) is 63.5 cm³/mol. The maximum atomic E-state index is 13.3. The van der Waals surface area contributed by atoms with Gasteiger partial charge in [-0.25, -0.2) is 18.0 Å². The van der Waals surface area contributed by atoms with Gasteiger partial charge in [-0.05, 0) is 17.5 Å². The van der Waals surface area contributed by atoms with Crippen molar-refractivity contribution in [1.29, 1.82) is 0 Å². The number of carbonyl (C=O) groups excluding carboxylic acids is 1. The van der Waals surface area contributed by atoms with E-state index < -0.39 is 23.5 Å². The third kappa shape index (κ3) is 3.47. The number of nitrogens with one attached hydrogen (secondary N) is 1. The van der Waals surface area contributed by atoms with Gasteiger partial charge in [0, 0.05) is 23.6 Å². The molecule has 1 aromatic heterocycles. The Kier molecular flexibility index (Phi) is 4.06. The minimum atomic E-state index is -1.28. The molecule has 1 aromatic carbocycles. The van der Waals surface area contributed by atoms with Crippen molar-refractivity contribution in [3.8, 4) is 5.75 Å². The summed E-state index contributed by atoms with van der Waals surface area (Å²) in [7, 11) is 0. The molecule has 1 N–H and O–H groups in total. The Balaban J connectivity index is 1.95. The molecule has 2 rings (SSSR count). The number of carbonyl (C=O) groups is 1. The number of rotatable bonds is 3. The number of amides is 1. The number of benzene rings is 1. The van der Waals surface area contributed by atoms with Crippen LogP contribution in [0.1, 0.15) is 5.56 Å². The van der Waals surface area contributed by atoms with E-state index in [9.17, 15) is 18.0 Å². The van der Waals surface area contributed by atoms with Crippen molar-refractivity contribution in [3.63, 3.8) is 0 Å². The van der Waals surface area contributed by atoms with Crippen LogP contribution in [0, 0.1) is 17.5 Å². The topological polar surface area (TPSA) is 38.3 Å². The lowest BCUT2D eigenvalue weighted by atomic mass is 10.2. The van der Waals surface area contributed by atoms with Crippen molar-refractivity contribution in [3.05, 3.63) is 52.0 Å². The molecule has 0 unspecified atom stereocenters. The average Bonchev–Trinajstić information content (AvgIpc) is 2.85. The summed E-state index contributed by atoms with van der Waals surface area (Å²) >= 11 is 1.35. The first-order valence-electron chi connectivity index (χ1n) is 5.17. The van der Waals surface area contributed by atoms with Crippen LogP contribution in [-0.4, -0.2) is 6.09 Å². The summed E-state index contributed by atoms with van der Waals surface area (Å²) in [5, 5.41) is 5.57. The molecule has 0 fully saturated rings. The van der Waals surface area contributed by atoms with E-state index in [2.05, 4.69) is 5.32 Å². The zero-order valence-electron chi connectivity index (χ0n) is 9.45. The third-order valence-corrected chi connectivity index (χ3v) is 2.88. The van der Waals surface area contributed by atoms with Crippen LogP contribution in [0.25, 0.3) is 0 Å². The quantitative estimate of drug-likeness (QED) is 0.878. The molecule has 1 heterocycles. The summed E-state index contributed by atoms with van der Waals surface area (Å²) in [6, 6.07) is 2.70. The Morgan fingerprint density at radius 1 is 1.21 bits per heavy atom. The third-order valence-electron chi connectivity index (χ3n) is 2.22. The minimum absolute atomic E-state index is 0.166. The predicted octanol–water partition coefficient (Wildman–Crippen LogP) is 3.45. The number of hydrogen-bond acceptors (Lipinski definition) is 3. The lowest BCUT2D eigenvalue weighted by Crippen LogP contribution is -2.26. The van der Waals surface area contributed by atoms with Gasteiger partial charge < -0.3 is 10.1 Å². The summed E-state index contributed by atoms with van der Waals surface area (Å²) in [4.78, 5) is 11.3. The Bertz CT molecular complexity index is 587. The van der Waals surface area contributed by atoms with Crippen LogP contribution in [0.2, 0.25) is 0 Å². The van der Waals surface area contributed by atoms with Gasteiger partial charge >= 0.3 is 6.09 Å². The molecule has 0 spiro atoms. The van der Waals surface area contributed by atoms with E-state index in [0.717, 1.165) is 0 Å². The van der Waals surface area contributed by atoms with Gasteiger partial charge in [0.1, 0.15) is 11.6 Å². The zero-order chi connectivity index (χ0) is 13.8. The van der Waals surface area contributed by atoms with Crippen LogP contribution in [0.4, 0.5) is 18.0 Å². The van der Waals surface area contributed by atoms with Gasteiger partial charge in [0.05, 0.1) is 0 Å². The number of halogens is 3. The molecule has 1 amide bonds. The van der Waals surface area contributed by atoms with Gasteiger partial charge in [-0.2, -0.15) is 0 Å². The van der Waals surface area contributed by atoms with Crippen molar-refractivity contribution >= 4 is 17.4 Å². The number of hydrogen-bond donors (Lipinski definition) is 1. The first kappa shape index (κ1) is 13.4. The fraction of sp³-hybridized carbons (Fsp3) is 0.0833. The fourth-order valence-electron chi connectivity index (χ4n) is 1.32. The first-order chi connectivity index (χ1) is 9.06. The van der Waals surface area contributed by atoms with Crippen LogP contribution >= 0.6 is 11.3 Å². The second-order valence-corrected chi connectivity index (χ2v) is 4.34.